The highest BCUT2D eigenvalue weighted by Gasteiger charge is 2.59. The van der Waals surface area contributed by atoms with Crippen LogP contribution in [0, 0.1) is 11.3 Å². The average Bonchev–Trinajstić information content (AvgIpc) is 3.41. The molecule has 6 nitrogen and oxygen atoms in total. The van der Waals surface area contributed by atoms with E-state index in [1.165, 1.54) is 18.6 Å². The van der Waals surface area contributed by atoms with E-state index in [4.69, 9.17) is 5.11 Å². The van der Waals surface area contributed by atoms with E-state index in [0.717, 1.165) is 45.2 Å². The van der Waals surface area contributed by atoms with E-state index in [0.29, 0.717) is 24.6 Å². The normalized spacial score (nSPS) is 23.9. The minimum absolute atomic E-state index is 0.0543. The molecule has 1 unspecified atom stereocenters. The second kappa shape index (κ2) is 6.98. The van der Waals surface area contributed by atoms with Gasteiger partial charge in [0.1, 0.15) is 0 Å². The molecule has 6 heteroatoms. The van der Waals surface area contributed by atoms with Gasteiger partial charge in [-0.25, -0.2) is 4.79 Å². The molecule has 1 aromatic carbocycles. The summed E-state index contributed by atoms with van der Waals surface area (Å²) in [7, 11) is 0. The van der Waals surface area contributed by atoms with Crippen molar-refractivity contribution < 1.29 is 19.5 Å². The molecule has 0 aromatic heterocycles. The zero-order valence-corrected chi connectivity index (χ0v) is 15.5. The number of carboxylic acids is 1. The van der Waals surface area contributed by atoms with E-state index in [2.05, 4.69) is 0 Å². The van der Waals surface area contributed by atoms with Gasteiger partial charge in [0, 0.05) is 37.7 Å². The van der Waals surface area contributed by atoms with Gasteiger partial charge >= 0.3 is 5.97 Å². The van der Waals surface area contributed by atoms with Gasteiger partial charge in [0.25, 0.3) is 5.91 Å². The summed E-state index contributed by atoms with van der Waals surface area (Å²) in [4.78, 5) is 40.3. The maximum Gasteiger partial charge on any atom is 0.335 e. The summed E-state index contributed by atoms with van der Waals surface area (Å²) in [5.74, 6) is -0.560. The van der Waals surface area contributed by atoms with Gasteiger partial charge in [0.05, 0.1) is 5.56 Å². The van der Waals surface area contributed by atoms with Gasteiger partial charge in [-0.1, -0.05) is 0 Å². The lowest BCUT2D eigenvalue weighted by atomic mass is 9.90. The Kier molecular flexibility index (Phi) is 4.66. The standard InChI is InChI=1S/C21H26N2O4/c24-18(15-4-6-16(7-5-15)20(26)27)23-12-8-21(9-13-23)14-17(21)19(25)22-10-2-1-3-11-22/h4-7,17H,1-3,8-14H2,(H,26,27). The van der Waals surface area contributed by atoms with Crippen LogP contribution in [0.25, 0.3) is 0 Å². The summed E-state index contributed by atoms with van der Waals surface area (Å²) in [5.41, 5.74) is 0.812. The van der Waals surface area contributed by atoms with Crippen molar-refractivity contribution in [2.45, 2.75) is 38.5 Å². The number of carboxylic acid groups (broad SMARTS) is 1. The number of nitrogens with zero attached hydrogens (tertiary/aromatic N) is 2. The molecular formula is C21H26N2O4. The third-order valence-electron chi connectivity index (χ3n) is 6.58. The van der Waals surface area contributed by atoms with Crippen LogP contribution in [-0.4, -0.2) is 58.9 Å². The topological polar surface area (TPSA) is 77.9 Å². The lowest BCUT2D eigenvalue weighted by Crippen LogP contribution is -2.42. The largest absolute Gasteiger partial charge is 0.478 e. The maximum absolute atomic E-state index is 12.8. The predicted octanol–water partition coefficient (Wildman–Crippen LogP) is 2.64. The first-order valence-corrected chi connectivity index (χ1v) is 9.92. The number of hydrogen-bond donors (Lipinski definition) is 1. The SMILES string of the molecule is O=C(O)c1ccc(C(=O)N2CCC3(CC2)CC3C(=O)N2CCCCC2)cc1. The van der Waals surface area contributed by atoms with Crippen LogP contribution in [0.1, 0.15) is 59.2 Å². The highest BCUT2D eigenvalue weighted by atomic mass is 16.4. The number of rotatable bonds is 3. The molecule has 4 rings (SSSR count). The minimum Gasteiger partial charge on any atom is -0.478 e. The van der Waals surface area contributed by atoms with Crippen LogP contribution >= 0.6 is 0 Å². The molecule has 1 atom stereocenters. The van der Waals surface area contributed by atoms with Gasteiger partial charge in [0.2, 0.25) is 5.91 Å². The van der Waals surface area contributed by atoms with Gasteiger partial charge in [0.15, 0.2) is 0 Å². The van der Waals surface area contributed by atoms with Gasteiger partial charge in [-0.05, 0) is 68.2 Å². The van der Waals surface area contributed by atoms with Crippen LogP contribution in [-0.2, 0) is 4.79 Å². The van der Waals surface area contributed by atoms with E-state index in [-0.39, 0.29) is 22.8 Å². The summed E-state index contributed by atoms with van der Waals surface area (Å²) in [6.45, 7) is 3.15. The Hall–Kier alpha value is -2.37. The van der Waals surface area contributed by atoms with Crippen molar-refractivity contribution in [1.82, 2.24) is 9.80 Å². The Morgan fingerprint density at radius 2 is 1.44 bits per heavy atom. The Morgan fingerprint density at radius 3 is 2.04 bits per heavy atom. The van der Waals surface area contributed by atoms with Gasteiger partial charge < -0.3 is 14.9 Å². The number of piperidine rings is 2. The number of amides is 2. The Balaban J connectivity index is 1.33. The number of likely N-dealkylation sites (tertiary alicyclic amines) is 2. The lowest BCUT2D eigenvalue weighted by Gasteiger charge is -2.34. The second-order valence-electron chi connectivity index (χ2n) is 8.18. The summed E-state index contributed by atoms with van der Waals surface area (Å²) in [5, 5.41) is 8.97. The second-order valence-corrected chi connectivity index (χ2v) is 8.18. The minimum atomic E-state index is -0.993. The van der Waals surface area contributed by atoms with Crippen molar-refractivity contribution in [1.29, 1.82) is 0 Å². The van der Waals surface area contributed by atoms with Crippen molar-refractivity contribution in [2.75, 3.05) is 26.2 Å². The molecule has 1 saturated carbocycles. The van der Waals surface area contributed by atoms with E-state index in [9.17, 15) is 14.4 Å². The van der Waals surface area contributed by atoms with E-state index >= 15 is 0 Å². The van der Waals surface area contributed by atoms with Crippen molar-refractivity contribution in [3.8, 4) is 0 Å². The Morgan fingerprint density at radius 1 is 0.852 bits per heavy atom. The maximum atomic E-state index is 12.8. The first kappa shape index (κ1) is 18.0. The molecule has 1 N–H and O–H groups in total. The highest BCUT2D eigenvalue weighted by Crippen LogP contribution is 2.60. The monoisotopic (exact) mass is 370 g/mol. The van der Waals surface area contributed by atoms with Gasteiger partial charge in [-0.15, -0.1) is 0 Å². The predicted molar refractivity (Wildman–Crippen MR) is 99.5 cm³/mol. The molecule has 0 bridgehead atoms. The van der Waals surface area contributed by atoms with Crippen LogP contribution in [0.2, 0.25) is 0 Å². The van der Waals surface area contributed by atoms with Crippen molar-refractivity contribution in [3.63, 3.8) is 0 Å². The number of aromatic carboxylic acids is 1. The molecule has 144 valence electrons. The van der Waals surface area contributed by atoms with Crippen LogP contribution in [0.5, 0.6) is 0 Å². The smallest absolute Gasteiger partial charge is 0.335 e. The molecule has 3 aliphatic rings. The molecule has 2 aliphatic heterocycles. The molecular weight excluding hydrogens is 344 g/mol. The summed E-state index contributed by atoms with van der Waals surface area (Å²) in [6.07, 6.45) is 6.21. The third-order valence-corrected chi connectivity index (χ3v) is 6.58. The van der Waals surface area contributed by atoms with E-state index < -0.39 is 5.97 Å². The summed E-state index contributed by atoms with van der Waals surface area (Å²) in [6, 6.07) is 6.09. The molecule has 2 heterocycles. The third kappa shape index (κ3) is 3.45. The van der Waals surface area contributed by atoms with Crippen molar-refractivity contribution in [2.24, 2.45) is 11.3 Å². The fraction of sp³-hybridized carbons (Fsp3) is 0.571. The molecule has 1 aromatic rings. The van der Waals surface area contributed by atoms with Crippen molar-refractivity contribution in [3.05, 3.63) is 35.4 Å². The van der Waals surface area contributed by atoms with Crippen LogP contribution in [0.15, 0.2) is 24.3 Å². The number of hydrogen-bond acceptors (Lipinski definition) is 3. The number of carbonyl (C=O) groups is 3. The zero-order chi connectivity index (χ0) is 19.0. The van der Waals surface area contributed by atoms with Crippen LogP contribution in [0.4, 0.5) is 0 Å². The number of carbonyl (C=O) groups excluding carboxylic acids is 2. The fourth-order valence-corrected chi connectivity index (χ4v) is 4.68. The van der Waals surface area contributed by atoms with E-state index in [1.54, 1.807) is 12.1 Å². The molecule has 0 radical (unpaired) electrons. The summed E-state index contributed by atoms with van der Waals surface area (Å²) < 4.78 is 0. The highest BCUT2D eigenvalue weighted by molar-refractivity contribution is 5.96. The van der Waals surface area contributed by atoms with Crippen LogP contribution in [0.3, 0.4) is 0 Å². The Bertz CT molecular complexity index is 744. The molecule has 1 spiro atoms. The number of benzene rings is 1. The summed E-state index contributed by atoms with van der Waals surface area (Å²) >= 11 is 0. The zero-order valence-electron chi connectivity index (χ0n) is 15.5. The molecule has 3 fully saturated rings. The van der Waals surface area contributed by atoms with Gasteiger partial charge in [-0.2, -0.15) is 0 Å². The quantitative estimate of drug-likeness (QED) is 0.887. The van der Waals surface area contributed by atoms with Gasteiger partial charge in [-0.3, -0.25) is 9.59 Å². The first-order chi connectivity index (χ1) is 13.0. The molecule has 2 saturated heterocycles. The van der Waals surface area contributed by atoms with Crippen molar-refractivity contribution >= 4 is 17.8 Å². The molecule has 1 aliphatic carbocycles. The molecule has 2 amide bonds. The fourth-order valence-electron chi connectivity index (χ4n) is 4.68. The van der Waals surface area contributed by atoms with Crippen LogP contribution < -0.4 is 0 Å². The first-order valence-electron chi connectivity index (χ1n) is 9.92. The average molecular weight is 370 g/mol. The Labute approximate surface area is 159 Å². The molecule has 27 heavy (non-hydrogen) atoms. The lowest BCUT2D eigenvalue weighted by molar-refractivity contribution is -0.134. The van der Waals surface area contributed by atoms with E-state index in [1.807, 2.05) is 9.80 Å².